The van der Waals surface area contributed by atoms with Crippen LogP contribution in [0.2, 0.25) is 0 Å². The van der Waals surface area contributed by atoms with Crippen molar-refractivity contribution in [2.45, 2.75) is 0 Å². The Morgan fingerprint density at radius 2 is 2.50 bits per heavy atom. The van der Waals surface area contributed by atoms with Gasteiger partial charge in [0, 0.05) is 0 Å². The third kappa shape index (κ3) is 3.02. The van der Waals surface area contributed by atoms with Gasteiger partial charge in [-0.05, 0) is 0 Å². The highest BCUT2D eigenvalue weighted by atomic mass is 16.2. The third-order valence-corrected chi connectivity index (χ3v) is 0.448. The van der Waals surface area contributed by atoms with Gasteiger partial charge in [0.25, 0.3) is 5.91 Å². The van der Waals surface area contributed by atoms with Crippen molar-refractivity contribution in [3.63, 3.8) is 0 Å². The fourth-order valence-electron chi connectivity index (χ4n) is 0.150. The minimum absolute atomic E-state index is 0.250. The monoisotopic (exact) mass is 115 g/mol. The van der Waals surface area contributed by atoms with Gasteiger partial charge < -0.3 is 0 Å². The van der Waals surface area contributed by atoms with Gasteiger partial charge in [0.05, 0.1) is 0 Å². The van der Waals surface area contributed by atoms with Crippen LogP contribution in [0.25, 0.3) is 0 Å². The maximum atomic E-state index is 10.1. The van der Waals surface area contributed by atoms with E-state index in [4.69, 9.17) is 0 Å². The van der Waals surface area contributed by atoms with Crippen LogP contribution in [-0.4, -0.2) is 18.5 Å². The molecule has 0 atom stereocenters. The van der Waals surface area contributed by atoms with Crippen molar-refractivity contribution >= 4 is 12.0 Å². The number of hydrogen-bond acceptors (Lipinski definition) is 4. The second-order valence-corrected chi connectivity index (χ2v) is 0.975. The van der Waals surface area contributed by atoms with Crippen LogP contribution >= 0.6 is 0 Å². The first kappa shape index (κ1) is 6.81. The van der Waals surface area contributed by atoms with E-state index in [0.717, 1.165) is 0 Å². The highest BCUT2D eigenvalue weighted by molar-refractivity contribution is 5.78. The molecule has 0 rings (SSSR count). The fourth-order valence-corrected chi connectivity index (χ4v) is 0.150. The summed E-state index contributed by atoms with van der Waals surface area (Å²) in [5.41, 5.74) is 1.79. The number of amides is 1. The van der Waals surface area contributed by atoms with Gasteiger partial charge in [0.2, 0.25) is 6.08 Å². The van der Waals surface area contributed by atoms with Gasteiger partial charge in [0.15, 0.2) is 0 Å². The predicted octanol–water partition coefficient (Wildman–Crippen LogP) is -1.69. The molecule has 0 spiro atoms. The van der Waals surface area contributed by atoms with Gasteiger partial charge in [-0.2, -0.15) is 4.99 Å². The topological polar surface area (TPSA) is 84.5 Å². The first-order valence-electron chi connectivity index (χ1n) is 1.84. The van der Waals surface area contributed by atoms with E-state index in [2.05, 4.69) is 10.8 Å². The molecule has 1 amide bonds. The zero-order chi connectivity index (χ0) is 6.41. The molecule has 0 radical (unpaired) electrons. The van der Waals surface area contributed by atoms with E-state index < -0.39 is 5.91 Å². The van der Waals surface area contributed by atoms with Gasteiger partial charge in [-0.15, -0.1) is 0 Å². The summed E-state index contributed by atoms with van der Waals surface area (Å²) in [7, 11) is 0. The van der Waals surface area contributed by atoms with Crippen molar-refractivity contribution in [2.75, 3.05) is 6.54 Å². The Morgan fingerprint density at radius 3 is 2.88 bits per heavy atom. The van der Waals surface area contributed by atoms with Crippen LogP contribution in [0.15, 0.2) is 4.99 Å². The lowest BCUT2D eigenvalue weighted by atomic mass is 10.6. The van der Waals surface area contributed by atoms with Crippen molar-refractivity contribution in [3.05, 3.63) is 0 Å². The molecule has 5 nitrogen and oxygen atoms in total. The zero-order valence-corrected chi connectivity index (χ0v) is 4.05. The number of carbonyl (C=O) groups excluding carboxylic acids is 2. The lowest BCUT2D eigenvalue weighted by molar-refractivity contribution is -0.119. The van der Waals surface area contributed by atoms with Gasteiger partial charge >= 0.3 is 0 Å². The van der Waals surface area contributed by atoms with E-state index in [1.807, 2.05) is 0 Å². The molecular weight excluding hydrogens is 110 g/mol. The average molecular weight is 115 g/mol. The fraction of sp³-hybridized carbons (Fsp3) is 0.333. The van der Waals surface area contributed by atoms with Gasteiger partial charge in [-0.1, -0.05) is 0 Å². The maximum Gasteiger partial charge on any atom is 0.256 e. The normalized spacial score (nSPS) is 7.12. The molecule has 0 heterocycles. The van der Waals surface area contributed by atoms with E-state index in [1.165, 1.54) is 6.08 Å². The maximum absolute atomic E-state index is 10.1. The molecule has 44 valence electrons. The van der Waals surface area contributed by atoms with Gasteiger partial charge in [0.1, 0.15) is 6.54 Å². The molecule has 0 saturated carbocycles. The largest absolute Gasteiger partial charge is 0.293 e. The molecule has 0 aliphatic heterocycles. The Morgan fingerprint density at radius 1 is 1.88 bits per heavy atom. The van der Waals surface area contributed by atoms with Crippen LogP contribution in [-0.2, 0) is 9.59 Å². The summed E-state index contributed by atoms with van der Waals surface area (Å²) < 4.78 is 0. The lowest BCUT2D eigenvalue weighted by Gasteiger charge is -1.87. The molecule has 3 N–H and O–H groups in total. The van der Waals surface area contributed by atoms with E-state index in [-0.39, 0.29) is 6.54 Å². The number of nitrogens with two attached hydrogens (primary N) is 1. The Kier molecular flexibility index (Phi) is 3.39. The highest BCUT2D eigenvalue weighted by Gasteiger charge is 1.90. The molecule has 0 aromatic rings. The van der Waals surface area contributed by atoms with E-state index in [9.17, 15) is 9.59 Å². The summed E-state index contributed by atoms with van der Waals surface area (Å²) >= 11 is 0. The van der Waals surface area contributed by atoms with Crippen molar-refractivity contribution in [2.24, 2.45) is 10.8 Å². The number of nitrogens with one attached hydrogen (secondary N) is 1. The highest BCUT2D eigenvalue weighted by Crippen LogP contribution is 1.61. The number of isocyanates is 1. The van der Waals surface area contributed by atoms with Crippen LogP contribution in [0.3, 0.4) is 0 Å². The lowest BCUT2D eigenvalue weighted by Crippen LogP contribution is -2.31. The summed E-state index contributed by atoms with van der Waals surface area (Å²) in [6.07, 6.45) is 1.19. The first-order valence-corrected chi connectivity index (χ1v) is 1.84. The molecule has 0 bridgehead atoms. The van der Waals surface area contributed by atoms with Crippen LogP contribution in [0.4, 0.5) is 0 Å². The summed E-state index contributed by atoms with van der Waals surface area (Å²) in [6.45, 7) is -0.250. The second kappa shape index (κ2) is 3.98. The van der Waals surface area contributed by atoms with E-state index in [1.54, 1.807) is 5.43 Å². The number of hydrazine groups is 1. The molecule has 8 heavy (non-hydrogen) atoms. The van der Waals surface area contributed by atoms with Gasteiger partial charge in [-0.3, -0.25) is 10.2 Å². The molecule has 0 saturated heterocycles. The molecule has 0 fully saturated rings. The molecule has 0 aromatic carbocycles. The summed E-state index contributed by atoms with van der Waals surface area (Å²) in [5.74, 6) is 4.12. The van der Waals surface area contributed by atoms with Crippen molar-refractivity contribution in [1.82, 2.24) is 5.43 Å². The minimum Gasteiger partial charge on any atom is -0.293 e. The Hall–Kier alpha value is -1.19. The molecule has 0 aliphatic rings. The summed E-state index contributed by atoms with van der Waals surface area (Å²) in [4.78, 5) is 22.3. The summed E-state index contributed by atoms with van der Waals surface area (Å²) in [6, 6.07) is 0. The number of nitrogens with zero attached hydrogens (tertiary/aromatic N) is 1. The Labute approximate surface area is 45.5 Å². The number of carbonyl (C=O) groups is 1. The summed E-state index contributed by atoms with van der Waals surface area (Å²) in [5, 5.41) is 0. The molecule has 0 aromatic heterocycles. The van der Waals surface area contributed by atoms with Crippen molar-refractivity contribution in [1.29, 1.82) is 0 Å². The SMILES string of the molecule is NNC(=O)CN=C=O. The molecule has 0 aliphatic carbocycles. The van der Waals surface area contributed by atoms with Gasteiger partial charge in [-0.25, -0.2) is 10.6 Å². The van der Waals surface area contributed by atoms with Crippen LogP contribution < -0.4 is 11.3 Å². The molecular formula is C3H5N3O2. The Balaban J connectivity index is 3.39. The van der Waals surface area contributed by atoms with E-state index >= 15 is 0 Å². The smallest absolute Gasteiger partial charge is 0.256 e. The first-order chi connectivity index (χ1) is 3.81. The third-order valence-electron chi connectivity index (χ3n) is 0.448. The van der Waals surface area contributed by atoms with Crippen LogP contribution in [0.5, 0.6) is 0 Å². The van der Waals surface area contributed by atoms with Crippen molar-refractivity contribution in [3.8, 4) is 0 Å². The predicted molar refractivity (Wildman–Crippen MR) is 25.3 cm³/mol. The average Bonchev–Trinajstić information content (AvgIpc) is 1.83. The second-order valence-electron chi connectivity index (χ2n) is 0.975. The molecule has 0 unspecified atom stereocenters. The number of aliphatic imine (C=N–C) groups is 1. The number of rotatable bonds is 2. The number of hydrogen-bond donors (Lipinski definition) is 2. The van der Waals surface area contributed by atoms with E-state index in [0.29, 0.717) is 0 Å². The van der Waals surface area contributed by atoms with Crippen LogP contribution in [0, 0.1) is 0 Å². The Bertz CT molecular complexity index is 126. The minimum atomic E-state index is -0.506. The quantitative estimate of drug-likeness (QED) is 0.148. The zero-order valence-electron chi connectivity index (χ0n) is 4.05. The van der Waals surface area contributed by atoms with Crippen molar-refractivity contribution < 1.29 is 9.59 Å². The standard InChI is InChI=1S/C3H5N3O2/c4-6-3(8)1-5-2-7/h1,4H2,(H,6,8). The van der Waals surface area contributed by atoms with Crippen LogP contribution in [0.1, 0.15) is 0 Å². The molecule has 5 heteroatoms.